The van der Waals surface area contributed by atoms with Crippen LogP contribution in [-0.2, 0) is 14.3 Å². The Morgan fingerprint density at radius 3 is 2.50 bits per heavy atom. The number of nitrogens with one attached hydrogen (secondary N) is 3. The molecule has 2 aromatic heterocycles. The first-order valence-corrected chi connectivity index (χ1v) is 9.50. The molecule has 0 atom stereocenters. The minimum absolute atomic E-state index is 0.281. The summed E-state index contributed by atoms with van der Waals surface area (Å²) in [7, 11) is 0. The number of hydrogen-bond donors (Lipinski definition) is 4. The van der Waals surface area contributed by atoms with Gasteiger partial charge in [0, 0.05) is 23.0 Å². The number of anilines is 3. The Hall–Kier alpha value is -3.88. The number of fused-ring (bicyclic) bond motifs is 1. The maximum absolute atomic E-state index is 12.2. The molecule has 1 aliphatic rings. The predicted molar refractivity (Wildman–Crippen MR) is 110 cm³/mol. The van der Waals surface area contributed by atoms with E-state index in [4.69, 9.17) is 4.74 Å². The van der Waals surface area contributed by atoms with Gasteiger partial charge in [-0.15, -0.1) is 0 Å². The molecule has 1 saturated carbocycles. The van der Waals surface area contributed by atoms with E-state index < -0.39 is 23.3 Å². The number of carboxylic acid groups (broad SMARTS) is 1. The Labute approximate surface area is 171 Å². The van der Waals surface area contributed by atoms with Gasteiger partial charge in [0.1, 0.15) is 16.8 Å². The van der Waals surface area contributed by atoms with Crippen LogP contribution in [0, 0.1) is 5.41 Å². The van der Waals surface area contributed by atoms with E-state index in [0.717, 1.165) is 16.8 Å². The molecule has 1 amide bonds. The highest BCUT2D eigenvalue weighted by Gasteiger charge is 2.57. The molecular weight excluding hydrogens is 388 g/mol. The third-order valence-corrected chi connectivity index (χ3v) is 5.04. The molecule has 0 bridgehead atoms. The third kappa shape index (κ3) is 3.57. The lowest BCUT2D eigenvalue weighted by Crippen LogP contribution is -2.31. The topological polar surface area (TPSA) is 133 Å². The predicted octanol–water partition coefficient (Wildman–Crippen LogP) is 3.29. The van der Waals surface area contributed by atoms with Crippen LogP contribution in [-0.4, -0.2) is 39.5 Å². The average molecular weight is 408 g/mol. The number of rotatable bonds is 7. The molecule has 0 spiro atoms. The van der Waals surface area contributed by atoms with E-state index >= 15 is 0 Å². The van der Waals surface area contributed by atoms with Crippen LogP contribution in [0.5, 0.6) is 0 Å². The SMILES string of the molecule is CCOC(=O)c1cc2c(Nc3ccc(NC(=O)C4(C(=O)O)CC4)cc3)ccnc2[nH]1. The van der Waals surface area contributed by atoms with E-state index in [2.05, 4.69) is 20.6 Å². The van der Waals surface area contributed by atoms with E-state index in [1.165, 1.54) is 0 Å². The van der Waals surface area contributed by atoms with E-state index in [1.54, 1.807) is 49.5 Å². The van der Waals surface area contributed by atoms with Crippen molar-refractivity contribution in [2.24, 2.45) is 5.41 Å². The molecule has 0 saturated heterocycles. The summed E-state index contributed by atoms with van der Waals surface area (Å²) in [6, 6.07) is 10.4. The van der Waals surface area contributed by atoms with Crippen molar-refractivity contribution < 1.29 is 24.2 Å². The Bertz CT molecular complexity index is 1130. The smallest absolute Gasteiger partial charge is 0.354 e. The van der Waals surface area contributed by atoms with E-state index in [9.17, 15) is 19.5 Å². The largest absolute Gasteiger partial charge is 0.480 e. The summed E-state index contributed by atoms with van der Waals surface area (Å²) in [6.45, 7) is 2.02. The van der Waals surface area contributed by atoms with Crippen LogP contribution in [0.1, 0.15) is 30.3 Å². The zero-order chi connectivity index (χ0) is 21.3. The zero-order valence-corrected chi connectivity index (χ0v) is 16.2. The van der Waals surface area contributed by atoms with Gasteiger partial charge >= 0.3 is 11.9 Å². The number of benzene rings is 1. The van der Waals surface area contributed by atoms with Gasteiger partial charge in [0.05, 0.1) is 12.3 Å². The first-order chi connectivity index (χ1) is 14.4. The average Bonchev–Trinajstić information content (AvgIpc) is 3.43. The molecule has 1 aromatic carbocycles. The van der Waals surface area contributed by atoms with E-state index in [1.807, 2.05) is 0 Å². The Morgan fingerprint density at radius 1 is 1.17 bits per heavy atom. The molecule has 30 heavy (non-hydrogen) atoms. The van der Waals surface area contributed by atoms with E-state index in [0.29, 0.717) is 29.9 Å². The molecule has 0 unspecified atom stereocenters. The fraction of sp³-hybridized carbons (Fsp3) is 0.238. The Balaban J connectivity index is 1.49. The van der Waals surface area contributed by atoms with Gasteiger partial charge in [0.25, 0.3) is 0 Å². The third-order valence-electron chi connectivity index (χ3n) is 5.04. The van der Waals surface area contributed by atoms with Crippen molar-refractivity contribution in [2.75, 3.05) is 17.2 Å². The normalized spacial score (nSPS) is 14.2. The standard InChI is InChI=1S/C21H20N4O5/c1-2-30-18(26)16-11-14-15(7-10-22-17(14)25-16)23-12-3-5-13(6-4-12)24-19(27)21(8-9-21)20(28)29/h3-7,10-11H,2,8-9H2,1H3,(H,24,27)(H,28,29)(H2,22,23,25). The van der Waals surface area contributed by atoms with Gasteiger partial charge in [-0.1, -0.05) is 0 Å². The van der Waals surface area contributed by atoms with Gasteiger partial charge < -0.3 is 25.5 Å². The van der Waals surface area contributed by atoms with Gasteiger partial charge in [-0.3, -0.25) is 9.59 Å². The lowest BCUT2D eigenvalue weighted by Gasteiger charge is -2.12. The van der Waals surface area contributed by atoms with Crippen molar-refractivity contribution >= 4 is 45.9 Å². The van der Waals surface area contributed by atoms with Crippen LogP contribution in [0.3, 0.4) is 0 Å². The number of carbonyl (C=O) groups is 3. The fourth-order valence-corrected chi connectivity index (χ4v) is 3.16. The number of carboxylic acids is 1. The van der Waals surface area contributed by atoms with Crippen molar-refractivity contribution in [1.82, 2.24) is 9.97 Å². The molecule has 9 nitrogen and oxygen atoms in total. The molecule has 0 aliphatic heterocycles. The maximum Gasteiger partial charge on any atom is 0.354 e. The number of esters is 1. The number of carbonyl (C=O) groups excluding carboxylic acids is 2. The molecular formula is C21H20N4O5. The number of ether oxygens (including phenoxy) is 1. The molecule has 2 heterocycles. The van der Waals surface area contributed by atoms with Crippen molar-refractivity contribution in [1.29, 1.82) is 0 Å². The number of pyridine rings is 1. The molecule has 4 rings (SSSR count). The van der Waals surface area contributed by atoms with Gasteiger partial charge in [-0.25, -0.2) is 9.78 Å². The molecule has 9 heteroatoms. The maximum atomic E-state index is 12.2. The van der Waals surface area contributed by atoms with Crippen molar-refractivity contribution in [3.63, 3.8) is 0 Å². The van der Waals surface area contributed by atoms with Crippen LogP contribution in [0.2, 0.25) is 0 Å². The number of aromatic nitrogens is 2. The first-order valence-electron chi connectivity index (χ1n) is 9.50. The van der Waals surface area contributed by atoms with Gasteiger partial charge in [0.15, 0.2) is 0 Å². The molecule has 1 fully saturated rings. The molecule has 4 N–H and O–H groups in total. The first kappa shape index (κ1) is 19.4. The molecule has 0 radical (unpaired) electrons. The van der Waals surface area contributed by atoms with Crippen molar-refractivity contribution in [3.8, 4) is 0 Å². The van der Waals surface area contributed by atoms with E-state index in [-0.39, 0.29) is 6.61 Å². The summed E-state index contributed by atoms with van der Waals surface area (Å²) < 4.78 is 5.01. The summed E-state index contributed by atoms with van der Waals surface area (Å²) in [5.41, 5.74) is 1.59. The van der Waals surface area contributed by atoms with Crippen LogP contribution < -0.4 is 10.6 Å². The summed E-state index contributed by atoms with van der Waals surface area (Å²) in [6.07, 6.45) is 2.33. The summed E-state index contributed by atoms with van der Waals surface area (Å²) in [4.78, 5) is 42.6. The highest BCUT2D eigenvalue weighted by molar-refractivity contribution is 6.10. The summed E-state index contributed by atoms with van der Waals surface area (Å²) >= 11 is 0. The van der Waals surface area contributed by atoms with Crippen LogP contribution in [0.25, 0.3) is 11.0 Å². The zero-order valence-electron chi connectivity index (χ0n) is 16.2. The van der Waals surface area contributed by atoms with Crippen molar-refractivity contribution in [3.05, 3.63) is 48.3 Å². The Morgan fingerprint density at radius 2 is 1.87 bits per heavy atom. The number of H-pyrrole nitrogens is 1. The Kier molecular flexibility index (Phi) is 4.86. The van der Waals surface area contributed by atoms with Gasteiger partial charge in [-0.2, -0.15) is 0 Å². The minimum atomic E-state index is -1.29. The molecule has 1 aliphatic carbocycles. The quantitative estimate of drug-likeness (QED) is 0.348. The van der Waals surface area contributed by atoms with Crippen LogP contribution in [0.4, 0.5) is 17.1 Å². The van der Waals surface area contributed by atoms with Gasteiger partial charge in [0.2, 0.25) is 5.91 Å². The second kappa shape index (κ2) is 7.51. The number of aliphatic carboxylic acids is 1. The molecule has 154 valence electrons. The van der Waals surface area contributed by atoms with Crippen molar-refractivity contribution in [2.45, 2.75) is 19.8 Å². The molecule has 3 aromatic rings. The highest BCUT2D eigenvalue weighted by atomic mass is 16.5. The second-order valence-corrected chi connectivity index (χ2v) is 7.07. The fourth-order valence-electron chi connectivity index (χ4n) is 3.16. The summed E-state index contributed by atoms with van der Waals surface area (Å²) in [5.74, 6) is -2.03. The number of hydrogen-bond acceptors (Lipinski definition) is 6. The number of amides is 1. The second-order valence-electron chi connectivity index (χ2n) is 7.07. The van der Waals surface area contributed by atoms with Crippen LogP contribution >= 0.6 is 0 Å². The number of nitrogens with zero attached hydrogens (tertiary/aromatic N) is 1. The lowest BCUT2D eigenvalue weighted by atomic mass is 10.1. The van der Waals surface area contributed by atoms with Gasteiger partial charge in [-0.05, 0) is 56.2 Å². The highest BCUT2D eigenvalue weighted by Crippen LogP contribution is 2.46. The monoisotopic (exact) mass is 408 g/mol. The van der Waals surface area contributed by atoms with Crippen LogP contribution in [0.15, 0.2) is 42.6 Å². The minimum Gasteiger partial charge on any atom is -0.480 e. The lowest BCUT2D eigenvalue weighted by molar-refractivity contribution is -0.147. The summed E-state index contributed by atoms with van der Waals surface area (Å²) in [5, 5.41) is 15.9. The number of aromatic amines is 1.